The van der Waals surface area contributed by atoms with Crippen LogP contribution in [-0.2, 0) is 0 Å². The van der Waals surface area contributed by atoms with Gasteiger partial charge in [-0.2, -0.15) is 0 Å². The second kappa shape index (κ2) is 23.0. The van der Waals surface area contributed by atoms with Crippen LogP contribution < -0.4 is 12.4 Å². The molecular formula is C19H46ClMgNO. The fourth-order valence-electron chi connectivity index (χ4n) is 2.78. The van der Waals surface area contributed by atoms with Gasteiger partial charge < -0.3 is 25.2 Å². The van der Waals surface area contributed by atoms with E-state index in [1.165, 1.54) is 96.4 Å². The Bertz CT molecular complexity index is 208. The maximum absolute atomic E-state index is 2.29. The van der Waals surface area contributed by atoms with Gasteiger partial charge in [0.2, 0.25) is 0 Å². The third kappa shape index (κ3) is 31.3. The SMILES string of the molecule is CCCCCCCCCCCCCCCC[N+](C)(C)C.O.[Cl-].[H-].[H-].[Mg+2]. The van der Waals surface area contributed by atoms with Crippen molar-refractivity contribution in [2.75, 3.05) is 27.7 Å². The van der Waals surface area contributed by atoms with Crippen LogP contribution in [0, 0.1) is 0 Å². The van der Waals surface area contributed by atoms with E-state index in [4.69, 9.17) is 0 Å². The zero-order chi connectivity index (χ0) is 15.1. The van der Waals surface area contributed by atoms with Gasteiger partial charge in [0.15, 0.2) is 0 Å². The maximum Gasteiger partial charge on any atom is 2.00 e. The monoisotopic (exact) mass is 363 g/mol. The van der Waals surface area contributed by atoms with E-state index in [0.29, 0.717) is 0 Å². The summed E-state index contributed by atoms with van der Waals surface area (Å²) in [5.41, 5.74) is 0. The van der Waals surface area contributed by atoms with Gasteiger partial charge in [-0.1, -0.05) is 84.0 Å². The fourth-order valence-corrected chi connectivity index (χ4v) is 2.78. The third-order valence-electron chi connectivity index (χ3n) is 4.18. The Morgan fingerprint density at radius 1 is 0.565 bits per heavy atom. The van der Waals surface area contributed by atoms with Gasteiger partial charge in [0.1, 0.15) is 0 Å². The predicted molar refractivity (Wildman–Crippen MR) is 105 cm³/mol. The van der Waals surface area contributed by atoms with Crippen molar-refractivity contribution < 1.29 is 25.2 Å². The molecule has 0 amide bonds. The van der Waals surface area contributed by atoms with E-state index >= 15 is 0 Å². The molecule has 23 heavy (non-hydrogen) atoms. The Morgan fingerprint density at radius 2 is 0.826 bits per heavy atom. The van der Waals surface area contributed by atoms with Crippen LogP contribution >= 0.6 is 0 Å². The van der Waals surface area contributed by atoms with Crippen molar-refractivity contribution in [2.45, 2.75) is 96.8 Å². The van der Waals surface area contributed by atoms with Gasteiger partial charge in [-0.25, -0.2) is 0 Å². The molecule has 0 rings (SSSR count). The van der Waals surface area contributed by atoms with Crippen molar-refractivity contribution in [3.05, 3.63) is 0 Å². The average molecular weight is 364 g/mol. The largest absolute Gasteiger partial charge is 2.00 e. The Labute approximate surface area is 172 Å². The van der Waals surface area contributed by atoms with Crippen LogP contribution in [0.4, 0.5) is 0 Å². The summed E-state index contributed by atoms with van der Waals surface area (Å²) >= 11 is 0. The van der Waals surface area contributed by atoms with Crippen molar-refractivity contribution >= 4 is 23.1 Å². The van der Waals surface area contributed by atoms with E-state index < -0.39 is 0 Å². The minimum absolute atomic E-state index is 0. The van der Waals surface area contributed by atoms with Crippen molar-refractivity contribution in [1.82, 2.24) is 0 Å². The van der Waals surface area contributed by atoms with Crippen LogP contribution in [0.3, 0.4) is 0 Å². The first-order chi connectivity index (χ1) is 9.56. The molecule has 142 valence electrons. The number of hydrogen-bond donors (Lipinski definition) is 0. The number of hydrogen-bond acceptors (Lipinski definition) is 0. The molecule has 2 N–H and O–H groups in total. The zero-order valence-corrected chi connectivity index (χ0v) is 18.8. The van der Waals surface area contributed by atoms with Crippen LogP contribution in [0.5, 0.6) is 0 Å². The average Bonchev–Trinajstić information content (AvgIpc) is 2.38. The van der Waals surface area contributed by atoms with Crippen molar-refractivity contribution in [3.63, 3.8) is 0 Å². The van der Waals surface area contributed by atoms with Crippen LogP contribution in [-0.4, -0.2) is 60.7 Å². The molecule has 0 atom stereocenters. The maximum atomic E-state index is 2.29. The van der Waals surface area contributed by atoms with Gasteiger partial charge in [0.05, 0.1) is 27.7 Å². The normalized spacial score (nSPS) is 10.4. The summed E-state index contributed by atoms with van der Waals surface area (Å²) in [7, 11) is 6.88. The van der Waals surface area contributed by atoms with E-state index in [2.05, 4.69) is 28.1 Å². The standard InChI is InChI=1S/C19H42N.ClH.Mg.H2O.2H/c1-5-6-7-8-9-10-11-12-13-14-15-16-17-18-19-20(2,3)4;;;;;/h5-19H2,1-4H3;1H;;1H2;;/q+1;;+2;;2*-1/p-1. The molecule has 0 aliphatic heterocycles. The molecule has 2 nitrogen and oxygen atoms in total. The van der Waals surface area contributed by atoms with Gasteiger partial charge in [-0.15, -0.1) is 0 Å². The molecule has 4 heteroatoms. The first kappa shape index (κ1) is 31.7. The van der Waals surface area contributed by atoms with Crippen LogP contribution in [0.2, 0.25) is 0 Å². The van der Waals surface area contributed by atoms with Crippen molar-refractivity contribution in [1.29, 1.82) is 0 Å². The van der Waals surface area contributed by atoms with Gasteiger partial charge in [-0.3, -0.25) is 0 Å². The molecule has 0 fully saturated rings. The summed E-state index contributed by atoms with van der Waals surface area (Å²) in [5, 5.41) is 0. The number of halogens is 1. The van der Waals surface area contributed by atoms with E-state index in [0.717, 1.165) is 4.48 Å². The minimum Gasteiger partial charge on any atom is -1.00 e. The molecule has 0 aromatic carbocycles. The van der Waals surface area contributed by atoms with E-state index in [9.17, 15) is 0 Å². The Hall–Kier alpha value is 0.976. The molecule has 0 heterocycles. The summed E-state index contributed by atoms with van der Waals surface area (Å²) < 4.78 is 1.12. The molecule has 0 radical (unpaired) electrons. The summed E-state index contributed by atoms with van der Waals surface area (Å²) in [4.78, 5) is 0. The molecule has 0 bridgehead atoms. The summed E-state index contributed by atoms with van der Waals surface area (Å²) in [6.07, 6.45) is 20.4. The second-order valence-corrected chi connectivity index (χ2v) is 7.61. The minimum atomic E-state index is 0. The van der Waals surface area contributed by atoms with Gasteiger partial charge in [0, 0.05) is 0 Å². The Kier molecular flexibility index (Phi) is 31.7. The second-order valence-electron chi connectivity index (χ2n) is 7.61. The molecule has 0 aliphatic carbocycles. The van der Waals surface area contributed by atoms with E-state index in [-0.39, 0.29) is 43.8 Å². The smallest absolute Gasteiger partial charge is 1.00 e. The van der Waals surface area contributed by atoms with Crippen LogP contribution in [0.1, 0.15) is 99.7 Å². The van der Waals surface area contributed by atoms with Crippen molar-refractivity contribution in [3.8, 4) is 0 Å². The van der Waals surface area contributed by atoms with Crippen LogP contribution in [0.25, 0.3) is 0 Å². The number of rotatable bonds is 15. The molecule has 0 spiro atoms. The van der Waals surface area contributed by atoms with Gasteiger partial charge in [-0.05, 0) is 12.8 Å². The molecule has 0 saturated heterocycles. The summed E-state index contributed by atoms with van der Waals surface area (Å²) in [6, 6.07) is 0. The first-order valence-electron chi connectivity index (χ1n) is 9.36. The summed E-state index contributed by atoms with van der Waals surface area (Å²) in [6.45, 7) is 3.63. The Morgan fingerprint density at radius 3 is 1.09 bits per heavy atom. The number of quaternary nitrogens is 1. The molecule has 0 aromatic rings. The fraction of sp³-hybridized carbons (Fsp3) is 1.00. The van der Waals surface area contributed by atoms with Gasteiger partial charge in [0.25, 0.3) is 0 Å². The van der Waals surface area contributed by atoms with Gasteiger partial charge >= 0.3 is 23.1 Å². The predicted octanol–water partition coefficient (Wildman–Crippen LogP) is 2.20. The molecular weight excluding hydrogens is 318 g/mol. The molecule has 0 unspecified atom stereocenters. The quantitative estimate of drug-likeness (QED) is 0.242. The molecule has 0 saturated carbocycles. The molecule has 0 aliphatic rings. The number of nitrogens with zero attached hydrogens (tertiary/aromatic N) is 1. The first-order valence-corrected chi connectivity index (χ1v) is 9.36. The number of unbranched alkanes of at least 4 members (excludes halogenated alkanes) is 13. The zero-order valence-electron chi connectivity index (χ0n) is 18.6. The van der Waals surface area contributed by atoms with E-state index in [1.807, 2.05) is 0 Å². The van der Waals surface area contributed by atoms with Crippen molar-refractivity contribution in [2.24, 2.45) is 0 Å². The van der Waals surface area contributed by atoms with Crippen LogP contribution in [0.15, 0.2) is 0 Å². The molecule has 0 aromatic heterocycles. The third-order valence-corrected chi connectivity index (χ3v) is 4.18. The topological polar surface area (TPSA) is 31.5 Å². The Balaban J connectivity index is -0.000000180. The summed E-state index contributed by atoms with van der Waals surface area (Å²) in [5.74, 6) is 0. The van der Waals surface area contributed by atoms with E-state index in [1.54, 1.807) is 0 Å².